The molecule has 3 rings (SSSR count). The van der Waals surface area contributed by atoms with E-state index in [1.165, 1.54) is 12.8 Å². The van der Waals surface area contributed by atoms with Crippen LogP contribution in [-0.4, -0.2) is 18.0 Å². The lowest BCUT2D eigenvalue weighted by Crippen LogP contribution is -2.48. The summed E-state index contributed by atoms with van der Waals surface area (Å²) < 4.78 is 0.726. The normalized spacial score (nSPS) is 24.4. The van der Waals surface area contributed by atoms with E-state index in [0.717, 1.165) is 46.2 Å². The molecule has 106 valence electrons. The van der Waals surface area contributed by atoms with Crippen molar-refractivity contribution in [3.63, 3.8) is 0 Å². The highest BCUT2D eigenvalue weighted by Crippen LogP contribution is 2.45. The molecule has 2 aliphatic rings. The standard InChI is InChI=1S/C15H18N2O2S/c1-2-7-17(10-11-3-4-11)14-6-5-13(16(18)19)8-12(14)9-15(17)20/h5-6,8-9,11H,2-4,7,10H2,1H3. The first-order valence-corrected chi connectivity index (χ1v) is 7.53. The van der Waals surface area contributed by atoms with Gasteiger partial charge in [-0.2, -0.15) is 0 Å². The van der Waals surface area contributed by atoms with Gasteiger partial charge in [-0.05, 0) is 30.4 Å². The number of hydrogen-bond donors (Lipinski definition) is 0. The van der Waals surface area contributed by atoms with E-state index in [0.29, 0.717) is 0 Å². The Bertz CT molecular complexity index is 596. The van der Waals surface area contributed by atoms with E-state index in [-0.39, 0.29) is 10.6 Å². The van der Waals surface area contributed by atoms with Crippen molar-refractivity contribution in [3.05, 3.63) is 38.9 Å². The summed E-state index contributed by atoms with van der Waals surface area (Å²) in [6.07, 6.45) is 5.58. The van der Waals surface area contributed by atoms with Crippen molar-refractivity contribution in [2.75, 3.05) is 13.1 Å². The SMILES string of the molecule is CCC[N+]1(CC2CC2)C([S-])=Cc2cc([N+](=O)[O-])ccc21. The molecule has 1 fully saturated rings. The Hall–Kier alpha value is -1.46. The first kappa shape index (κ1) is 13.5. The molecule has 0 N–H and O–H groups in total. The van der Waals surface area contributed by atoms with Crippen molar-refractivity contribution in [1.82, 2.24) is 4.48 Å². The zero-order valence-electron chi connectivity index (χ0n) is 11.5. The highest BCUT2D eigenvalue weighted by atomic mass is 32.1. The van der Waals surface area contributed by atoms with Crippen molar-refractivity contribution >= 4 is 30.1 Å². The highest BCUT2D eigenvalue weighted by Gasteiger charge is 2.41. The fraction of sp³-hybridized carbons (Fsp3) is 0.467. The van der Waals surface area contributed by atoms with Crippen LogP contribution in [0.2, 0.25) is 0 Å². The van der Waals surface area contributed by atoms with Crippen molar-refractivity contribution in [3.8, 4) is 0 Å². The fourth-order valence-electron chi connectivity index (χ4n) is 3.17. The lowest BCUT2D eigenvalue weighted by molar-refractivity contribution is -0.384. The van der Waals surface area contributed by atoms with Gasteiger partial charge in [0.25, 0.3) is 5.69 Å². The van der Waals surface area contributed by atoms with Crippen LogP contribution in [0.5, 0.6) is 0 Å². The van der Waals surface area contributed by atoms with Crippen molar-refractivity contribution < 1.29 is 4.92 Å². The Kier molecular flexibility index (Phi) is 3.26. The number of nitro benzene ring substituents is 1. The predicted octanol–water partition coefficient (Wildman–Crippen LogP) is 3.58. The Labute approximate surface area is 124 Å². The maximum Gasteiger partial charge on any atom is 0.270 e. The van der Waals surface area contributed by atoms with E-state index < -0.39 is 0 Å². The molecule has 1 unspecified atom stereocenters. The van der Waals surface area contributed by atoms with Gasteiger partial charge >= 0.3 is 0 Å². The predicted molar refractivity (Wildman–Crippen MR) is 83.0 cm³/mol. The Morgan fingerprint density at radius 1 is 1.45 bits per heavy atom. The summed E-state index contributed by atoms with van der Waals surface area (Å²) in [6.45, 7) is 4.20. The highest BCUT2D eigenvalue weighted by molar-refractivity contribution is 7.63. The molecule has 1 aromatic carbocycles. The van der Waals surface area contributed by atoms with Gasteiger partial charge in [0.2, 0.25) is 0 Å². The maximum atomic E-state index is 10.9. The van der Waals surface area contributed by atoms with Crippen molar-refractivity contribution in [1.29, 1.82) is 0 Å². The molecule has 0 aromatic heterocycles. The monoisotopic (exact) mass is 290 g/mol. The minimum Gasteiger partial charge on any atom is -0.721 e. The second kappa shape index (κ2) is 4.82. The number of benzene rings is 1. The summed E-state index contributed by atoms with van der Waals surface area (Å²) in [5.41, 5.74) is 2.22. The third-order valence-electron chi connectivity index (χ3n) is 4.26. The van der Waals surface area contributed by atoms with E-state index >= 15 is 0 Å². The van der Waals surface area contributed by atoms with Crippen LogP contribution in [0, 0.1) is 16.0 Å². The van der Waals surface area contributed by atoms with E-state index in [9.17, 15) is 10.1 Å². The van der Waals surface area contributed by atoms with Gasteiger partial charge in [0, 0.05) is 29.7 Å². The lowest BCUT2D eigenvalue weighted by atomic mass is 10.1. The third-order valence-corrected chi connectivity index (χ3v) is 4.72. The number of quaternary nitrogens is 1. The van der Waals surface area contributed by atoms with Crippen LogP contribution in [0.1, 0.15) is 31.7 Å². The molecule has 0 amide bonds. The molecule has 1 atom stereocenters. The van der Waals surface area contributed by atoms with Crippen molar-refractivity contribution in [2.45, 2.75) is 26.2 Å². The maximum absolute atomic E-state index is 10.9. The molecule has 1 aliphatic carbocycles. The van der Waals surface area contributed by atoms with Gasteiger partial charge in [-0.15, -0.1) is 0 Å². The van der Waals surface area contributed by atoms with Crippen LogP contribution in [0.3, 0.4) is 0 Å². The zero-order valence-corrected chi connectivity index (χ0v) is 12.4. The second-order valence-corrected chi connectivity index (χ2v) is 6.22. The number of non-ortho nitro benzene ring substituents is 1. The summed E-state index contributed by atoms with van der Waals surface area (Å²) in [5.74, 6) is 0.758. The number of nitrogens with zero attached hydrogens (tertiary/aromatic N) is 2. The molecule has 0 radical (unpaired) electrons. The van der Waals surface area contributed by atoms with E-state index in [1.54, 1.807) is 12.1 Å². The molecule has 5 heteroatoms. The Balaban J connectivity index is 2.05. The number of fused-ring (bicyclic) bond motifs is 1. The van der Waals surface area contributed by atoms with Gasteiger partial charge in [-0.3, -0.25) is 14.6 Å². The summed E-state index contributed by atoms with van der Waals surface area (Å²) in [4.78, 5) is 10.6. The number of rotatable bonds is 5. The summed E-state index contributed by atoms with van der Waals surface area (Å²) >= 11 is 5.63. The molecular weight excluding hydrogens is 272 g/mol. The first-order chi connectivity index (χ1) is 9.56. The van der Waals surface area contributed by atoms with Crippen LogP contribution in [0.4, 0.5) is 11.4 Å². The minimum absolute atomic E-state index is 0.144. The molecular formula is C15H18N2O2S. The second-order valence-electron chi connectivity index (χ2n) is 5.80. The Morgan fingerprint density at radius 2 is 2.20 bits per heavy atom. The first-order valence-electron chi connectivity index (χ1n) is 7.12. The van der Waals surface area contributed by atoms with Crippen LogP contribution in [0.15, 0.2) is 23.2 Å². The number of hydrogen-bond acceptors (Lipinski definition) is 3. The van der Waals surface area contributed by atoms with Crippen LogP contribution in [0.25, 0.3) is 6.08 Å². The Morgan fingerprint density at radius 3 is 2.80 bits per heavy atom. The van der Waals surface area contributed by atoms with Gasteiger partial charge < -0.3 is 12.6 Å². The van der Waals surface area contributed by atoms with Crippen molar-refractivity contribution in [2.24, 2.45) is 5.92 Å². The molecule has 1 aromatic rings. The molecule has 20 heavy (non-hydrogen) atoms. The fourth-order valence-corrected chi connectivity index (χ4v) is 3.56. The van der Waals surface area contributed by atoms with Crippen LogP contribution in [-0.2, 0) is 12.6 Å². The van der Waals surface area contributed by atoms with E-state index in [2.05, 4.69) is 6.92 Å². The zero-order chi connectivity index (χ0) is 14.3. The van der Waals surface area contributed by atoms with Gasteiger partial charge in [0.05, 0.1) is 18.0 Å². The summed E-state index contributed by atoms with van der Waals surface area (Å²) in [6, 6.07) is 5.17. The van der Waals surface area contributed by atoms with Crippen LogP contribution < -0.4 is 4.48 Å². The average Bonchev–Trinajstić information content (AvgIpc) is 3.17. The van der Waals surface area contributed by atoms with Gasteiger partial charge in [-0.1, -0.05) is 6.92 Å². The largest absolute Gasteiger partial charge is 0.721 e. The number of nitro groups is 1. The summed E-state index contributed by atoms with van der Waals surface area (Å²) in [7, 11) is 0. The molecule has 0 bridgehead atoms. The van der Waals surface area contributed by atoms with E-state index in [4.69, 9.17) is 12.6 Å². The van der Waals surface area contributed by atoms with E-state index in [1.807, 2.05) is 12.1 Å². The average molecular weight is 290 g/mol. The smallest absolute Gasteiger partial charge is 0.270 e. The molecule has 0 spiro atoms. The van der Waals surface area contributed by atoms with Gasteiger partial charge in [-0.25, -0.2) is 0 Å². The molecule has 0 saturated heterocycles. The molecule has 1 saturated carbocycles. The third kappa shape index (κ3) is 2.11. The van der Waals surface area contributed by atoms with Gasteiger partial charge in [0.15, 0.2) is 0 Å². The molecule has 1 aliphatic heterocycles. The molecule has 1 heterocycles. The minimum atomic E-state index is -0.342. The lowest BCUT2D eigenvalue weighted by Gasteiger charge is -2.40. The van der Waals surface area contributed by atoms with Gasteiger partial charge in [0.1, 0.15) is 5.69 Å². The summed E-state index contributed by atoms with van der Waals surface area (Å²) in [5, 5.41) is 11.8. The van der Waals surface area contributed by atoms with Crippen LogP contribution >= 0.6 is 0 Å². The molecule has 4 nitrogen and oxygen atoms in total. The topological polar surface area (TPSA) is 43.1 Å². The quantitative estimate of drug-likeness (QED) is 0.360.